The number of carboxylic acids is 1. The Kier molecular flexibility index (Phi) is 3.43. The third-order valence-corrected chi connectivity index (χ3v) is 3.67. The van der Waals surface area contributed by atoms with Gasteiger partial charge in [-0.15, -0.1) is 11.3 Å². The minimum atomic E-state index is -0.768. The van der Waals surface area contributed by atoms with Gasteiger partial charge in [-0.2, -0.15) is 0 Å². The molecule has 0 aliphatic heterocycles. The van der Waals surface area contributed by atoms with E-state index in [1.807, 2.05) is 5.38 Å². The van der Waals surface area contributed by atoms with Gasteiger partial charge in [0, 0.05) is 17.8 Å². The van der Waals surface area contributed by atoms with Gasteiger partial charge in [0.05, 0.1) is 12.1 Å². The van der Waals surface area contributed by atoms with Crippen molar-refractivity contribution in [1.82, 2.24) is 4.98 Å². The molecule has 0 amide bonds. The summed E-state index contributed by atoms with van der Waals surface area (Å²) in [4.78, 5) is 14.8. The van der Waals surface area contributed by atoms with Crippen LogP contribution in [0.4, 0.5) is 5.13 Å². The maximum Gasteiger partial charge on any atom is 0.303 e. The molecular weight excluding hydrogens is 224 g/mol. The topological polar surface area (TPSA) is 62.2 Å². The fourth-order valence-electron chi connectivity index (χ4n) is 1.92. The van der Waals surface area contributed by atoms with E-state index in [-0.39, 0.29) is 6.42 Å². The normalized spacial score (nSPS) is 23.8. The van der Waals surface area contributed by atoms with Crippen LogP contribution in [0.25, 0.3) is 0 Å². The second kappa shape index (κ2) is 4.82. The summed E-state index contributed by atoms with van der Waals surface area (Å²) in [6, 6.07) is 0.563. The standard InChI is InChI=1S/C11H16N2O2S/c1-7-4-9(5-7)13-11-12-8(6-16-11)2-3-10(14)15/h6-7,9H,2-5H2,1H3,(H,12,13)(H,14,15). The molecule has 1 aliphatic carbocycles. The minimum absolute atomic E-state index is 0.156. The van der Waals surface area contributed by atoms with Crippen LogP contribution in [0.1, 0.15) is 31.9 Å². The second-order valence-electron chi connectivity index (χ2n) is 4.46. The van der Waals surface area contributed by atoms with E-state index in [0.717, 1.165) is 16.7 Å². The smallest absolute Gasteiger partial charge is 0.303 e. The summed E-state index contributed by atoms with van der Waals surface area (Å²) in [5.41, 5.74) is 0.877. The highest BCUT2D eigenvalue weighted by atomic mass is 32.1. The lowest BCUT2D eigenvalue weighted by Crippen LogP contribution is -2.33. The largest absolute Gasteiger partial charge is 0.481 e. The Morgan fingerprint density at radius 1 is 1.69 bits per heavy atom. The first kappa shape index (κ1) is 11.4. The molecule has 88 valence electrons. The first-order chi connectivity index (χ1) is 7.63. The molecule has 0 spiro atoms. The number of aryl methyl sites for hydroxylation is 1. The van der Waals surface area contributed by atoms with Crippen LogP contribution in [0, 0.1) is 5.92 Å². The number of hydrogen-bond donors (Lipinski definition) is 2. The molecule has 0 bridgehead atoms. The van der Waals surface area contributed by atoms with Crippen molar-refractivity contribution in [2.24, 2.45) is 5.92 Å². The number of rotatable bonds is 5. The molecule has 0 unspecified atom stereocenters. The Balaban J connectivity index is 1.80. The Morgan fingerprint density at radius 2 is 2.44 bits per heavy atom. The summed E-state index contributed by atoms with van der Waals surface area (Å²) in [5.74, 6) is 0.0549. The number of aliphatic carboxylic acids is 1. The highest BCUT2D eigenvalue weighted by molar-refractivity contribution is 7.13. The van der Waals surface area contributed by atoms with Crippen LogP contribution < -0.4 is 5.32 Å². The molecule has 0 saturated heterocycles. The summed E-state index contributed by atoms with van der Waals surface area (Å²) >= 11 is 1.56. The number of hydrogen-bond acceptors (Lipinski definition) is 4. The van der Waals surface area contributed by atoms with E-state index >= 15 is 0 Å². The average molecular weight is 240 g/mol. The molecule has 16 heavy (non-hydrogen) atoms. The van der Waals surface area contributed by atoms with Gasteiger partial charge in [0.1, 0.15) is 0 Å². The Morgan fingerprint density at radius 3 is 3.06 bits per heavy atom. The van der Waals surface area contributed by atoms with E-state index in [1.54, 1.807) is 11.3 Å². The number of nitrogens with zero attached hydrogens (tertiary/aromatic N) is 1. The molecule has 0 radical (unpaired) electrons. The lowest BCUT2D eigenvalue weighted by Gasteiger charge is -2.33. The Hall–Kier alpha value is -1.10. The third kappa shape index (κ3) is 2.95. The van der Waals surface area contributed by atoms with Crippen molar-refractivity contribution in [1.29, 1.82) is 0 Å². The summed E-state index contributed by atoms with van der Waals surface area (Å²) in [6.07, 6.45) is 3.10. The fraction of sp³-hybridized carbons (Fsp3) is 0.636. The van der Waals surface area contributed by atoms with Crippen molar-refractivity contribution in [3.63, 3.8) is 0 Å². The van der Waals surface area contributed by atoms with Crippen molar-refractivity contribution in [3.8, 4) is 0 Å². The molecule has 1 saturated carbocycles. The zero-order valence-corrected chi connectivity index (χ0v) is 10.1. The van der Waals surface area contributed by atoms with Crippen molar-refractivity contribution >= 4 is 22.4 Å². The molecule has 0 atom stereocenters. The monoisotopic (exact) mass is 240 g/mol. The van der Waals surface area contributed by atoms with Crippen LogP contribution in [-0.4, -0.2) is 22.1 Å². The third-order valence-electron chi connectivity index (χ3n) is 2.85. The first-order valence-electron chi connectivity index (χ1n) is 5.56. The van der Waals surface area contributed by atoms with Gasteiger partial charge in [-0.25, -0.2) is 4.98 Å². The number of carbonyl (C=O) groups is 1. The number of carboxylic acid groups (broad SMARTS) is 1. The molecule has 4 nitrogen and oxygen atoms in total. The molecule has 0 aromatic carbocycles. The highest BCUT2D eigenvalue weighted by Gasteiger charge is 2.25. The van der Waals surface area contributed by atoms with E-state index in [0.29, 0.717) is 12.5 Å². The number of thiazole rings is 1. The van der Waals surface area contributed by atoms with Gasteiger partial charge in [0.25, 0.3) is 0 Å². The average Bonchev–Trinajstić information content (AvgIpc) is 2.60. The van der Waals surface area contributed by atoms with Crippen LogP contribution >= 0.6 is 11.3 Å². The maximum absolute atomic E-state index is 10.4. The van der Waals surface area contributed by atoms with Gasteiger partial charge in [-0.3, -0.25) is 4.79 Å². The second-order valence-corrected chi connectivity index (χ2v) is 5.31. The zero-order valence-electron chi connectivity index (χ0n) is 9.27. The van der Waals surface area contributed by atoms with Gasteiger partial charge >= 0.3 is 5.97 Å². The van der Waals surface area contributed by atoms with E-state index in [4.69, 9.17) is 5.11 Å². The van der Waals surface area contributed by atoms with Gasteiger partial charge < -0.3 is 10.4 Å². The van der Waals surface area contributed by atoms with E-state index in [1.165, 1.54) is 12.8 Å². The predicted octanol–water partition coefficient (Wildman–Crippen LogP) is 2.37. The molecule has 1 aromatic heterocycles. The lowest BCUT2D eigenvalue weighted by atomic mass is 9.82. The molecule has 5 heteroatoms. The minimum Gasteiger partial charge on any atom is -0.481 e. The van der Waals surface area contributed by atoms with Crippen molar-refractivity contribution in [2.75, 3.05) is 5.32 Å². The Labute approximate surface area is 98.7 Å². The number of anilines is 1. The summed E-state index contributed by atoms with van der Waals surface area (Å²) in [7, 11) is 0. The molecule has 2 N–H and O–H groups in total. The molecule has 1 fully saturated rings. The van der Waals surface area contributed by atoms with Crippen LogP contribution in [0.15, 0.2) is 5.38 Å². The van der Waals surface area contributed by atoms with Crippen molar-refractivity contribution in [2.45, 2.75) is 38.6 Å². The maximum atomic E-state index is 10.4. The molecular formula is C11H16N2O2S. The van der Waals surface area contributed by atoms with Crippen molar-refractivity contribution in [3.05, 3.63) is 11.1 Å². The van der Waals surface area contributed by atoms with Gasteiger partial charge in [0.2, 0.25) is 0 Å². The van der Waals surface area contributed by atoms with Crippen LogP contribution in [0.3, 0.4) is 0 Å². The quantitative estimate of drug-likeness (QED) is 0.829. The first-order valence-corrected chi connectivity index (χ1v) is 6.44. The number of aromatic nitrogens is 1. The van der Waals surface area contributed by atoms with Crippen LogP contribution in [0.2, 0.25) is 0 Å². The molecule has 2 rings (SSSR count). The Bertz CT molecular complexity index is 372. The van der Waals surface area contributed by atoms with E-state index in [2.05, 4.69) is 17.2 Å². The summed E-state index contributed by atoms with van der Waals surface area (Å²) in [6.45, 7) is 2.25. The fourth-order valence-corrected chi connectivity index (χ4v) is 2.74. The van der Waals surface area contributed by atoms with E-state index in [9.17, 15) is 4.79 Å². The number of nitrogens with one attached hydrogen (secondary N) is 1. The van der Waals surface area contributed by atoms with Gasteiger partial charge in [0.15, 0.2) is 5.13 Å². The van der Waals surface area contributed by atoms with E-state index < -0.39 is 5.97 Å². The van der Waals surface area contributed by atoms with Crippen LogP contribution in [0.5, 0.6) is 0 Å². The lowest BCUT2D eigenvalue weighted by molar-refractivity contribution is -0.136. The summed E-state index contributed by atoms with van der Waals surface area (Å²) in [5, 5.41) is 14.8. The molecule has 1 aromatic rings. The SMILES string of the molecule is CC1CC(Nc2nc(CCC(=O)O)cs2)C1. The van der Waals surface area contributed by atoms with Crippen molar-refractivity contribution < 1.29 is 9.90 Å². The van der Waals surface area contributed by atoms with Gasteiger partial charge in [-0.1, -0.05) is 6.92 Å². The zero-order chi connectivity index (χ0) is 11.5. The molecule has 1 heterocycles. The van der Waals surface area contributed by atoms with Gasteiger partial charge in [-0.05, 0) is 18.8 Å². The molecule has 1 aliphatic rings. The summed E-state index contributed by atoms with van der Waals surface area (Å²) < 4.78 is 0. The highest BCUT2D eigenvalue weighted by Crippen LogP contribution is 2.30. The van der Waals surface area contributed by atoms with Crippen LogP contribution in [-0.2, 0) is 11.2 Å². The predicted molar refractivity (Wildman–Crippen MR) is 63.9 cm³/mol.